The van der Waals surface area contributed by atoms with E-state index in [1.807, 2.05) is 0 Å². The molecule has 0 saturated carbocycles. The van der Waals surface area contributed by atoms with Gasteiger partial charge in [0, 0.05) is 49.1 Å². The number of halogens is 5. The van der Waals surface area contributed by atoms with Crippen molar-refractivity contribution in [1.82, 2.24) is 24.6 Å². The number of rotatable bonds is 9. The highest BCUT2D eigenvalue weighted by Crippen LogP contribution is 2.46. The van der Waals surface area contributed by atoms with Gasteiger partial charge in [0.1, 0.15) is 35.4 Å². The maximum atomic E-state index is 15.8. The summed E-state index contributed by atoms with van der Waals surface area (Å²) in [4.78, 5) is 21.9. The van der Waals surface area contributed by atoms with Gasteiger partial charge in [-0.2, -0.15) is 26.7 Å². The molecule has 17 heteroatoms. The highest BCUT2D eigenvalue weighted by atomic mass is 32.2. The van der Waals surface area contributed by atoms with Crippen LogP contribution in [0.1, 0.15) is 18.7 Å². The molecule has 1 aliphatic rings. The predicted molar refractivity (Wildman–Crippen MR) is 149 cm³/mol. The Bertz CT molecular complexity index is 1910. The van der Waals surface area contributed by atoms with Crippen molar-refractivity contribution in [2.75, 3.05) is 26.9 Å². The number of hydrogen-bond donors (Lipinski definition) is 0. The minimum Gasteiger partial charge on any atom is -0.490 e. The Morgan fingerprint density at radius 2 is 1.89 bits per heavy atom. The van der Waals surface area contributed by atoms with Gasteiger partial charge in [-0.25, -0.2) is 13.8 Å². The van der Waals surface area contributed by atoms with E-state index in [4.69, 9.17) is 9.47 Å². The van der Waals surface area contributed by atoms with Gasteiger partial charge < -0.3 is 18.6 Å². The Kier molecular flexibility index (Phi) is 8.50. The van der Waals surface area contributed by atoms with Gasteiger partial charge in [0.2, 0.25) is 11.8 Å². The standard InChI is InChI=1S/C28H24F5N5O6S/c1-4-23(39)37-7-8-38-21(15(37)2)13-20(36-38)26-24(25-19(30)11-16(29)12-22(25)43-10-9-42-3)17-5-6-34-14-18(17)27(35-26)44-45(40,41)28(31,32)33/h4-6,11-15H,1,7-10H2,2-3H3/t15-/m1/s1. The van der Waals surface area contributed by atoms with Crippen LogP contribution in [0, 0.1) is 11.6 Å². The number of pyridine rings is 2. The molecule has 238 valence electrons. The summed E-state index contributed by atoms with van der Waals surface area (Å²) in [5, 5.41) is 4.11. The van der Waals surface area contributed by atoms with E-state index < -0.39 is 39.2 Å². The van der Waals surface area contributed by atoms with Gasteiger partial charge in [-0.3, -0.25) is 14.5 Å². The molecule has 1 amide bonds. The van der Waals surface area contributed by atoms with E-state index in [1.54, 1.807) is 6.92 Å². The van der Waals surface area contributed by atoms with Crippen LogP contribution in [-0.2, 0) is 26.2 Å². The molecular formula is C28H24F5N5O6S. The molecule has 0 spiro atoms. The summed E-state index contributed by atoms with van der Waals surface area (Å²) < 4.78 is 111. The van der Waals surface area contributed by atoms with Gasteiger partial charge >= 0.3 is 15.6 Å². The van der Waals surface area contributed by atoms with Crippen molar-refractivity contribution in [3.8, 4) is 34.1 Å². The molecule has 1 aromatic carbocycles. The number of fused-ring (bicyclic) bond motifs is 2. The lowest BCUT2D eigenvalue weighted by Crippen LogP contribution is -2.40. The number of carbonyl (C=O) groups excluding carboxylic acids is 1. The van der Waals surface area contributed by atoms with Crippen molar-refractivity contribution in [2.24, 2.45) is 0 Å². The Balaban J connectivity index is 1.83. The minimum absolute atomic E-state index is 0.0423. The molecule has 0 unspecified atom stereocenters. The normalized spacial score (nSPS) is 15.2. The smallest absolute Gasteiger partial charge is 0.490 e. The third kappa shape index (κ3) is 5.92. The number of hydrogen-bond acceptors (Lipinski definition) is 9. The van der Waals surface area contributed by atoms with E-state index in [0.29, 0.717) is 11.8 Å². The number of amides is 1. The van der Waals surface area contributed by atoms with E-state index in [0.717, 1.165) is 18.3 Å². The number of carbonyl (C=O) groups is 1. The molecular weight excluding hydrogens is 629 g/mol. The van der Waals surface area contributed by atoms with Gasteiger partial charge in [-0.15, -0.1) is 0 Å². The van der Waals surface area contributed by atoms with Crippen molar-refractivity contribution in [3.05, 3.63) is 66.6 Å². The van der Waals surface area contributed by atoms with Crippen LogP contribution < -0.4 is 8.92 Å². The largest absolute Gasteiger partial charge is 0.534 e. The van der Waals surface area contributed by atoms with Gasteiger partial charge in [-0.1, -0.05) is 6.58 Å². The topological polar surface area (TPSA) is 126 Å². The van der Waals surface area contributed by atoms with E-state index in [2.05, 4.69) is 25.8 Å². The lowest BCUT2D eigenvalue weighted by Gasteiger charge is -2.33. The first-order valence-corrected chi connectivity index (χ1v) is 14.6. The summed E-state index contributed by atoms with van der Waals surface area (Å²) >= 11 is 0. The van der Waals surface area contributed by atoms with Crippen molar-refractivity contribution in [1.29, 1.82) is 0 Å². The van der Waals surface area contributed by atoms with Crippen molar-refractivity contribution in [2.45, 2.75) is 25.0 Å². The van der Waals surface area contributed by atoms with E-state index in [1.165, 1.54) is 35.0 Å². The van der Waals surface area contributed by atoms with Crippen LogP contribution in [0.25, 0.3) is 33.3 Å². The Labute approximate surface area is 253 Å². The molecule has 0 radical (unpaired) electrons. The molecule has 0 bridgehead atoms. The second-order valence-corrected chi connectivity index (χ2v) is 11.3. The second-order valence-electron chi connectivity index (χ2n) is 9.74. The van der Waals surface area contributed by atoms with Gasteiger partial charge in [0.25, 0.3) is 0 Å². The van der Waals surface area contributed by atoms with Crippen LogP contribution in [0.3, 0.4) is 0 Å². The first-order valence-electron chi connectivity index (χ1n) is 13.2. The number of alkyl halides is 3. The highest BCUT2D eigenvalue weighted by Gasteiger charge is 2.49. The zero-order valence-electron chi connectivity index (χ0n) is 23.6. The lowest BCUT2D eigenvalue weighted by atomic mass is 9.95. The zero-order valence-corrected chi connectivity index (χ0v) is 24.5. The summed E-state index contributed by atoms with van der Waals surface area (Å²) in [5.74, 6) is -3.78. The first-order chi connectivity index (χ1) is 21.3. The van der Waals surface area contributed by atoms with Crippen molar-refractivity contribution >= 4 is 26.8 Å². The number of benzene rings is 1. The Hall–Kier alpha value is -4.64. The third-order valence-corrected chi connectivity index (χ3v) is 7.96. The average Bonchev–Trinajstić information content (AvgIpc) is 3.42. The summed E-state index contributed by atoms with van der Waals surface area (Å²) in [5.41, 5.74) is -6.17. The van der Waals surface area contributed by atoms with Gasteiger partial charge in [0.15, 0.2) is 0 Å². The molecule has 0 N–H and O–H groups in total. The Morgan fingerprint density at radius 3 is 2.58 bits per heavy atom. The average molecular weight is 654 g/mol. The third-order valence-electron chi connectivity index (χ3n) is 7.02. The van der Waals surface area contributed by atoms with E-state index >= 15 is 4.39 Å². The molecule has 1 atom stereocenters. The molecule has 1 aliphatic heterocycles. The summed E-state index contributed by atoms with van der Waals surface area (Å²) in [6.45, 7) is 5.57. The monoisotopic (exact) mass is 653 g/mol. The number of nitrogens with zero attached hydrogens (tertiary/aromatic N) is 5. The van der Waals surface area contributed by atoms with E-state index in [-0.39, 0.29) is 71.2 Å². The molecule has 0 saturated heterocycles. The molecule has 11 nitrogen and oxygen atoms in total. The molecule has 0 aliphatic carbocycles. The van der Waals surface area contributed by atoms with Crippen molar-refractivity contribution < 1.29 is 48.8 Å². The molecule has 3 aromatic heterocycles. The summed E-state index contributed by atoms with van der Waals surface area (Å²) in [6.07, 6.45) is 3.36. The fourth-order valence-electron chi connectivity index (χ4n) is 4.96. The predicted octanol–water partition coefficient (Wildman–Crippen LogP) is 4.78. The maximum Gasteiger partial charge on any atom is 0.534 e. The van der Waals surface area contributed by atoms with Crippen LogP contribution in [0.4, 0.5) is 22.0 Å². The quantitative estimate of drug-likeness (QED) is 0.0825. The highest BCUT2D eigenvalue weighted by molar-refractivity contribution is 7.88. The SMILES string of the molecule is C=CC(=O)N1CCn2nc(-c3nc(OS(=O)(=O)C(F)(F)F)c4cnccc4c3-c3c(F)cc(F)cc3OCCOC)cc2[C@H]1C. The number of methoxy groups -OCH3 is 1. The maximum absolute atomic E-state index is 15.8. The van der Waals surface area contributed by atoms with Crippen LogP contribution in [0.5, 0.6) is 11.6 Å². The van der Waals surface area contributed by atoms with Crippen molar-refractivity contribution in [3.63, 3.8) is 0 Å². The first kappa shape index (κ1) is 31.8. The molecule has 4 aromatic rings. The molecule has 45 heavy (non-hydrogen) atoms. The van der Waals surface area contributed by atoms with Gasteiger partial charge in [-0.05, 0) is 25.1 Å². The van der Waals surface area contributed by atoms with Crippen LogP contribution in [0.2, 0.25) is 0 Å². The van der Waals surface area contributed by atoms with E-state index in [9.17, 15) is 30.8 Å². The molecule has 5 rings (SSSR count). The zero-order chi connectivity index (χ0) is 32.7. The van der Waals surface area contributed by atoms with Gasteiger partial charge in [0.05, 0.1) is 35.8 Å². The Morgan fingerprint density at radius 1 is 1.13 bits per heavy atom. The fourth-order valence-corrected chi connectivity index (χ4v) is 5.39. The molecule has 0 fully saturated rings. The summed E-state index contributed by atoms with van der Waals surface area (Å²) in [6, 6.07) is 3.68. The van der Waals surface area contributed by atoms with Crippen LogP contribution in [-0.4, -0.2) is 71.3 Å². The summed E-state index contributed by atoms with van der Waals surface area (Å²) in [7, 11) is -4.83. The number of ether oxygens (including phenoxy) is 2. The minimum atomic E-state index is -6.22. The molecule has 4 heterocycles. The fraction of sp³-hybridized carbons (Fsp3) is 0.286. The second kappa shape index (κ2) is 12.0. The van der Waals surface area contributed by atoms with Crippen LogP contribution >= 0.6 is 0 Å². The number of aromatic nitrogens is 4. The van der Waals surface area contributed by atoms with Crippen LogP contribution in [0.15, 0.2) is 49.3 Å². The lowest BCUT2D eigenvalue weighted by molar-refractivity contribution is -0.129.